The van der Waals surface area contributed by atoms with Gasteiger partial charge in [-0.05, 0) is 49.7 Å². The van der Waals surface area contributed by atoms with E-state index in [-0.39, 0.29) is 0 Å². The van der Waals surface area contributed by atoms with Crippen LogP contribution in [0.15, 0.2) is 18.2 Å². The normalized spacial score (nSPS) is 28.4. The monoisotopic (exact) mass is 252 g/mol. The number of alkyl halides is 1. The highest BCUT2D eigenvalue weighted by Gasteiger charge is 2.34. The molecule has 1 nitrogen and oxygen atoms in total. The van der Waals surface area contributed by atoms with Crippen LogP contribution >= 0.6 is 11.6 Å². The average molecular weight is 253 g/mol. The van der Waals surface area contributed by atoms with Gasteiger partial charge in [0.1, 0.15) is 5.75 Å². The Kier molecular flexibility index (Phi) is 3.67. The van der Waals surface area contributed by atoms with E-state index in [1.54, 1.807) is 7.11 Å². The minimum atomic E-state index is 0.341. The minimum absolute atomic E-state index is 0.341. The molecule has 0 aromatic heterocycles. The molecule has 1 fully saturated rings. The maximum atomic E-state index is 6.24. The zero-order chi connectivity index (χ0) is 12.5. The van der Waals surface area contributed by atoms with Gasteiger partial charge in [-0.15, -0.1) is 11.6 Å². The molecule has 2 heteroatoms. The van der Waals surface area contributed by atoms with Gasteiger partial charge < -0.3 is 4.74 Å². The maximum Gasteiger partial charge on any atom is 0.122 e. The zero-order valence-electron chi connectivity index (χ0n) is 10.9. The van der Waals surface area contributed by atoms with Crippen molar-refractivity contribution in [3.63, 3.8) is 0 Å². The summed E-state index contributed by atoms with van der Waals surface area (Å²) in [5.74, 6) is 1.01. The Morgan fingerprint density at radius 2 is 2.24 bits per heavy atom. The predicted molar refractivity (Wildman–Crippen MR) is 73.0 cm³/mol. The molecule has 0 radical (unpaired) electrons. The third-order valence-corrected chi connectivity index (χ3v) is 4.20. The lowest BCUT2D eigenvalue weighted by molar-refractivity contribution is 0.325. The van der Waals surface area contributed by atoms with Crippen molar-refractivity contribution < 1.29 is 4.74 Å². The van der Waals surface area contributed by atoms with Crippen LogP contribution in [-0.2, 0) is 6.42 Å². The van der Waals surface area contributed by atoms with Gasteiger partial charge in [-0.3, -0.25) is 0 Å². The molecule has 94 valence electrons. The molecule has 0 aliphatic heterocycles. The van der Waals surface area contributed by atoms with Crippen LogP contribution in [0.25, 0.3) is 0 Å². The van der Waals surface area contributed by atoms with Gasteiger partial charge in [0.2, 0.25) is 0 Å². The second-order valence-electron chi connectivity index (χ2n) is 5.64. The molecule has 0 bridgehead atoms. The molecule has 1 saturated carbocycles. The quantitative estimate of drug-likeness (QED) is 0.727. The summed E-state index contributed by atoms with van der Waals surface area (Å²) in [5.41, 5.74) is 2.96. The van der Waals surface area contributed by atoms with Crippen molar-refractivity contribution in [1.29, 1.82) is 0 Å². The van der Waals surface area contributed by atoms with E-state index in [0.29, 0.717) is 10.8 Å². The Hall–Kier alpha value is -0.690. The third kappa shape index (κ3) is 2.95. The van der Waals surface area contributed by atoms with Gasteiger partial charge in [-0.2, -0.15) is 0 Å². The molecule has 0 amide bonds. The molecule has 0 saturated heterocycles. The minimum Gasteiger partial charge on any atom is -0.496 e. The molecule has 0 spiro atoms. The van der Waals surface area contributed by atoms with Crippen LogP contribution in [0.5, 0.6) is 5.75 Å². The van der Waals surface area contributed by atoms with E-state index in [9.17, 15) is 0 Å². The number of hydrogen-bond acceptors (Lipinski definition) is 1. The lowest BCUT2D eigenvalue weighted by Gasteiger charge is -2.25. The van der Waals surface area contributed by atoms with Crippen LogP contribution < -0.4 is 4.74 Å². The van der Waals surface area contributed by atoms with E-state index in [4.69, 9.17) is 16.3 Å². The lowest BCUT2D eigenvalue weighted by Crippen LogP contribution is -2.16. The Balaban J connectivity index is 2.20. The zero-order valence-corrected chi connectivity index (χ0v) is 11.7. The van der Waals surface area contributed by atoms with Gasteiger partial charge in [0.25, 0.3) is 0 Å². The molecule has 2 unspecified atom stereocenters. The first-order valence-corrected chi connectivity index (χ1v) is 6.74. The number of rotatable bonds is 3. The van der Waals surface area contributed by atoms with E-state index >= 15 is 0 Å². The Labute approximate surface area is 109 Å². The van der Waals surface area contributed by atoms with Crippen LogP contribution in [0.1, 0.15) is 37.3 Å². The second kappa shape index (κ2) is 4.89. The van der Waals surface area contributed by atoms with Crippen molar-refractivity contribution in [2.75, 3.05) is 7.11 Å². The van der Waals surface area contributed by atoms with Gasteiger partial charge in [0, 0.05) is 5.38 Å². The molecule has 1 aliphatic rings. The maximum absolute atomic E-state index is 6.24. The summed E-state index contributed by atoms with van der Waals surface area (Å²) in [5, 5.41) is 0.357. The number of ether oxygens (including phenoxy) is 1. The molecule has 0 heterocycles. The first-order valence-electron chi connectivity index (χ1n) is 6.30. The summed E-state index contributed by atoms with van der Waals surface area (Å²) >= 11 is 6.24. The van der Waals surface area contributed by atoms with Crippen molar-refractivity contribution in [1.82, 2.24) is 0 Å². The highest BCUT2D eigenvalue weighted by molar-refractivity contribution is 6.20. The fraction of sp³-hybridized carbons (Fsp3) is 0.600. The third-order valence-electron chi connectivity index (χ3n) is 3.83. The molecule has 1 aromatic rings. The van der Waals surface area contributed by atoms with Crippen molar-refractivity contribution in [3.05, 3.63) is 29.3 Å². The number of hydrogen-bond donors (Lipinski definition) is 0. The summed E-state index contributed by atoms with van der Waals surface area (Å²) in [6, 6.07) is 6.41. The van der Waals surface area contributed by atoms with Gasteiger partial charge in [-0.1, -0.05) is 24.6 Å². The van der Waals surface area contributed by atoms with Gasteiger partial charge in [0.05, 0.1) is 7.11 Å². The molecule has 1 aromatic carbocycles. The largest absolute Gasteiger partial charge is 0.496 e. The fourth-order valence-corrected chi connectivity index (χ4v) is 3.39. The van der Waals surface area contributed by atoms with E-state index in [1.807, 2.05) is 0 Å². The molecular formula is C15H21ClO. The molecule has 17 heavy (non-hydrogen) atoms. The Bertz CT molecular complexity index is 402. The highest BCUT2D eigenvalue weighted by Crippen LogP contribution is 2.44. The highest BCUT2D eigenvalue weighted by atomic mass is 35.5. The lowest BCUT2D eigenvalue weighted by atomic mass is 9.81. The predicted octanol–water partition coefficient (Wildman–Crippen LogP) is 4.34. The van der Waals surface area contributed by atoms with Gasteiger partial charge in [-0.25, -0.2) is 0 Å². The summed E-state index contributed by atoms with van der Waals surface area (Å²) in [4.78, 5) is 0. The van der Waals surface area contributed by atoms with Crippen molar-refractivity contribution >= 4 is 11.6 Å². The summed E-state index contributed by atoms with van der Waals surface area (Å²) < 4.78 is 5.45. The Morgan fingerprint density at radius 1 is 1.47 bits per heavy atom. The number of methoxy groups -OCH3 is 1. The van der Waals surface area contributed by atoms with E-state index < -0.39 is 0 Å². The molecule has 0 N–H and O–H groups in total. The van der Waals surface area contributed by atoms with E-state index in [1.165, 1.54) is 17.5 Å². The van der Waals surface area contributed by atoms with Gasteiger partial charge in [0.15, 0.2) is 0 Å². The van der Waals surface area contributed by atoms with Crippen LogP contribution in [0, 0.1) is 12.3 Å². The van der Waals surface area contributed by atoms with Crippen molar-refractivity contribution in [3.8, 4) is 5.75 Å². The fourth-order valence-electron chi connectivity index (χ4n) is 2.91. The molecule has 1 aliphatic carbocycles. The van der Waals surface area contributed by atoms with E-state index in [0.717, 1.165) is 25.0 Å². The van der Waals surface area contributed by atoms with Crippen LogP contribution in [0.3, 0.4) is 0 Å². The Morgan fingerprint density at radius 3 is 2.82 bits per heavy atom. The van der Waals surface area contributed by atoms with Gasteiger partial charge >= 0.3 is 0 Å². The molecule has 2 rings (SSSR count). The molecule has 2 atom stereocenters. The van der Waals surface area contributed by atoms with Crippen LogP contribution in [0.4, 0.5) is 0 Å². The first-order chi connectivity index (χ1) is 8.02. The second-order valence-corrected chi connectivity index (χ2v) is 6.26. The summed E-state index contributed by atoms with van der Waals surface area (Å²) in [7, 11) is 1.75. The average Bonchev–Trinajstić information content (AvgIpc) is 2.59. The summed E-state index contributed by atoms with van der Waals surface area (Å²) in [6.45, 7) is 4.47. The SMILES string of the molecule is COc1ccc(C)cc1CC1(C)CCC(Cl)C1. The van der Waals surface area contributed by atoms with Crippen molar-refractivity contribution in [2.45, 2.75) is 44.9 Å². The van der Waals surface area contributed by atoms with E-state index in [2.05, 4.69) is 32.0 Å². The number of benzene rings is 1. The number of halogens is 1. The smallest absolute Gasteiger partial charge is 0.122 e. The number of aryl methyl sites for hydroxylation is 1. The molecular weight excluding hydrogens is 232 g/mol. The van der Waals surface area contributed by atoms with Crippen LogP contribution in [0.2, 0.25) is 0 Å². The first kappa shape index (κ1) is 12.8. The van der Waals surface area contributed by atoms with Crippen LogP contribution in [-0.4, -0.2) is 12.5 Å². The van der Waals surface area contributed by atoms with Crippen molar-refractivity contribution in [2.24, 2.45) is 5.41 Å². The summed E-state index contributed by atoms with van der Waals surface area (Å²) in [6.07, 6.45) is 4.55. The topological polar surface area (TPSA) is 9.23 Å². The standard InChI is InChI=1S/C15H21ClO/c1-11-4-5-14(17-3)12(8-11)9-15(2)7-6-13(16)10-15/h4-5,8,13H,6-7,9-10H2,1-3H3.